The number of likely N-dealkylation sites (tertiary alicyclic amines) is 1. The van der Waals surface area contributed by atoms with Gasteiger partial charge in [0.2, 0.25) is 11.8 Å². The van der Waals surface area contributed by atoms with Crippen LogP contribution in [0.25, 0.3) is 0 Å². The first kappa shape index (κ1) is 23.8. The first-order valence-corrected chi connectivity index (χ1v) is 12.8. The van der Waals surface area contributed by atoms with Gasteiger partial charge in [-0.25, -0.2) is 0 Å². The molecule has 0 aliphatic carbocycles. The van der Waals surface area contributed by atoms with Crippen LogP contribution in [0.3, 0.4) is 0 Å². The van der Waals surface area contributed by atoms with Crippen LogP contribution in [-0.4, -0.2) is 56.0 Å². The van der Waals surface area contributed by atoms with Crippen LogP contribution in [0.2, 0.25) is 0 Å². The molecule has 186 valence electrons. The smallest absolute Gasteiger partial charge is 0.227 e. The van der Waals surface area contributed by atoms with E-state index in [9.17, 15) is 9.59 Å². The van der Waals surface area contributed by atoms with E-state index in [0.717, 1.165) is 61.3 Å². The quantitative estimate of drug-likeness (QED) is 0.642. The summed E-state index contributed by atoms with van der Waals surface area (Å²) in [5.41, 5.74) is 4.52. The predicted molar refractivity (Wildman–Crippen MR) is 137 cm³/mol. The highest BCUT2D eigenvalue weighted by atomic mass is 16.5. The largest absolute Gasteiger partial charge is 0.496 e. The van der Waals surface area contributed by atoms with E-state index in [1.165, 1.54) is 5.56 Å². The lowest BCUT2D eigenvalue weighted by Crippen LogP contribution is -2.51. The van der Waals surface area contributed by atoms with Crippen molar-refractivity contribution in [3.05, 3.63) is 59.2 Å². The highest BCUT2D eigenvalue weighted by Gasteiger charge is 2.35. The summed E-state index contributed by atoms with van der Waals surface area (Å²) in [6.45, 7) is 2.57. The molecular weight excluding hydrogens is 440 g/mol. The molecule has 0 spiro atoms. The number of benzene rings is 2. The number of aryl methyl sites for hydroxylation is 1. The van der Waals surface area contributed by atoms with Crippen molar-refractivity contribution in [1.29, 1.82) is 0 Å². The molecule has 2 aromatic carbocycles. The molecule has 5 rings (SSSR count). The molecule has 2 aromatic rings. The molecule has 0 unspecified atom stereocenters. The van der Waals surface area contributed by atoms with Crippen molar-refractivity contribution >= 4 is 17.5 Å². The molecule has 35 heavy (non-hydrogen) atoms. The van der Waals surface area contributed by atoms with Gasteiger partial charge in [-0.2, -0.15) is 0 Å². The van der Waals surface area contributed by atoms with Crippen LogP contribution < -0.4 is 20.3 Å². The van der Waals surface area contributed by atoms with Gasteiger partial charge >= 0.3 is 0 Å². The molecule has 0 bridgehead atoms. The van der Waals surface area contributed by atoms with Gasteiger partial charge in [0.15, 0.2) is 0 Å². The van der Waals surface area contributed by atoms with E-state index < -0.39 is 0 Å². The number of amides is 2. The summed E-state index contributed by atoms with van der Waals surface area (Å²) in [4.78, 5) is 28.4. The Hall–Kier alpha value is -2.90. The van der Waals surface area contributed by atoms with Crippen molar-refractivity contribution in [2.24, 2.45) is 0 Å². The number of fused-ring (bicyclic) bond motifs is 1. The Morgan fingerprint density at radius 1 is 1.09 bits per heavy atom. The highest BCUT2D eigenvalue weighted by Crippen LogP contribution is 2.35. The van der Waals surface area contributed by atoms with Gasteiger partial charge in [-0.05, 0) is 55.5 Å². The Kier molecular flexibility index (Phi) is 7.07. The van der Waals surface area contributed by atoms with Gasteiger partial charge in [-0.1, -0.05) is 30.3 Å². The Morgan fingerprint density at radius 3 is 2.66 bits per heavy atom. The predicted octanol–water partition coefficient (Wildman–Crippen LogP) is 3.18. The third-order valence-electron chi connectivity index (χ3n) is 7.80. The lowest BCUT2D eigenvalue weighted by Gasteiger charge is -2.43. The number of nitrogens with one attached hydrogen (secondary N) is 2. The summed E-state index contributed by atoms with van der Waals surface area (Å²) < 4.78 is 5.75. The monoisotopic (exact) mass is 476 g/mol. The van der Waals surface area contributed by atoms with E-state index in [2.05, 4.69) is 58.0 Å². The summed E-state index contributed by atoms with van der Waals surface area (Å²) in [7, 11) is 3.57. The molecule has 3 heterocycles. The fourth-order valence-electron chi connectivity index (χ4n) is 5.95. The van der Waals surface area contributed by atoms with Crippen molar-refractivity contribution in [3.8, 4) is 5.75 Å². The first-order chi connectivity index (χ1) is 17.0. The maximum absolute atomic E-state index is 12.3. The van der Waals surface area contributed by atoms with E-state index in [-0.39, 0.29) is 29.9 Å². The number of ether oxygens (including phenoxy) is 1. The minimum absolute atomic E-state index is 0.160. The highest BCUT2D eigenvalue weighted by molar-refractivity contribution is 5.96. The van der Waals surface area contributed by atoms with Crippen molar-refractivity contribution < 1.29 is 14.3 Å². The van der Waals surface area contributed by atoms with E-state index in [0.29, 0.717) is 19.4 Å². The van der Waals surface area contributed by atoms with E-state index in [1.807, 2.05) is 7.05 Å². The van der Waals surface area contributed by atoms with Crippen molar-refractivity contribution in [1.82, 2.24) is 15.5 Å². The molecule has 0 radical (unpaired) electrons. The van der Waals surface area contributed by atoms with Gasteiger partial charge in [0.25, 0.3) is 0 Å². The second-order valence-electron chi connectivity index (χ2n) is 10.0. The summed E-state index contributed by atoms with van der Waals surface area (Å²) >= 11 is 0. The van der Waals surface area contributed by atoms with Gasteiger partial charge in [0.1, 0.15) is 5.75 Å². The third-order valence-corrected chi connectivity index (χ3v) is 7.80. The number of hydrogen-bond donors (Lipinski definition) is 2. The van der Waals surface area contributed by atoms with Gasteiger partial charge in [0, 0.05) is 56.3 Å². The van der Waals surface area contributed by atoms with Crippen molar-refractivity contribution in [2.45, 2.75) is 63.2 Å². The minimum atomic E-state index is 0.160. The number of hydrogen-bond acceptors (Lipinski definition) is 5. The Labute approximate surface area is 207 Å². The number of carbonyl (C=O) groups excluding carboxylic acids is 2. The average molecular weight is 477 g/mol. The second kappa shape index (κ2) is 10.4. The molecule has 7 heteroatoms. The third kappa shape index (κ3) is 5.07. The Bertz CT molecular complexity index is 1070. The number of methoxy groups -OCH3 is 1. The molecule has 3 atom stereocenters. The van der Waals surface area contributed by atoms with Gasteiger partial charge in [-0.15, -0.1) is 0 Å². The summed E-state index contributed by atoms with van der Waals surface area (Å²) in [5.74, 6) is 1.20. The molecule has 3 aliphatic rings. The van der Waals surface area contributed by atoms with Crippen LogP contribution in [0, 0.1) is 0 Å². The minimum Gasteiger partial charge on any atom is -0.496 e. The maximum atomic E-state index is 12.3. The van der Waals surface area contributed by atoms with Crippen LogP contribution in [0.4, 0.5) is 5.69 Å². The zero-order chi connectivity index (χ0) is 24.4. The molecule has 2 saturated heterocycles. The molecule has 2 N–H and O–H groups in total. The molecule has 0 aromatic heterocycles. The average Bonchev–Trinajstić information content (AvgIpc) is 3.29. The zero-order valence-electron chi connectivity index (χ0n) is 20.8. The number of anilines is 1. The zero-order valence-corrected chi connectivity index (χ0v) is 20.8. The van der Waals surface area contributed by atoms with E-state index in [1.54, 1.807) is 12.0 Å². The van der Waals surface area contributed by atoms with Gasteiger partial charge in [-0.3, -0.25) is 14.5 Å². The summed E-state index contributed by atoms with van der Waals surface area (Å²) in [6.07, 6.45) is 5.04. The lowest BCUT2D eigenvalue weighted by molar-refractivity contribution is -0.119. The summed E-state index contributed by atoms with van der Waals surface area (Å²) in [5, 5.41) is 6.99. The molecule has 7 nitrogen and oxygen atoms in total. The van der Waals surface area contributed by atoms with Crippen LogP contribution in [0.15, 0.2) is 42.5 Å². The molecule has 3 aliphatic heterocycles. The van der Waals surface area contributed by atoms with Crippen molar-refractivity contribution in [3.63, 3.8) is 0 Å². The normalized spacial score (nSPS) is 24.9. The second-order valence-corrected chi connectivity index (χ2v) is 10.0. The molecular formula is C28H36N4O3. The number of piperidine rings is 1. The summed E-state index contributed by atoms with van der Waals surface area (Å²) in [6, 6.07) is 15.6. The maximum Gasteiger partial charge on any atom is 0.227 e. The standard InChI is InChI=1S/C28H36N4O3/c1-31-24-15-21(25(35-2)16-20(24)10-13-27(31)34)17-29-23-9-6-14-32(18-22-11-12-26(33)30-22)28(23)19-7-4-3-5-8-19/h3-5,7-8,15-16,22-23,28-29H,6,9-14,17-18H2,1-2H3,(H,30,33)/t22-,23-,28-/m0/s1. The SMILES string of the molecule is COc1cc2c(cc1CN[C@H]1CCCN(C[C@@H]3CCC(=O)N3)[C@H]1c1ccccc1)N(C)C(=O)CC2. The van der Waals surface area contributed by atoms with Gasteiger partial charge in [0.05, 0.1) is 13.2 Å². The van der Waals surface area contributed by atoms with E-state index in [4.69, 9.17) is 4.74 Å². The van der Waals surface area contributed by atoms with Crippen LogP contribution in [0.1, 0.15) is 54.8 Å². The number of nitrogens with zero attached hydrogens (tertiary/aromatic N) is 2. The molecule has 2 amide bonds. The van der Waals surface area contributed by atoms with Gasteiger partial charge < -0.3 is 20.3 Å². The van der Waals surface area contributed by atoms with E-state index >= 15 is 0 Å². The van der Waals surface area contributed by atoms with Crippen molar-refractivity contribution in [2.75, 3.05) is 32.1 Å². The molecule has 2 fully saturated rings. The van der Waals surface area contributed by atoms with Crippen LogP contribution >= 0.6 is 0 Å². The Morgan fingerprint density at radius 2 is 1.91 bits per heavy atom. The fraction of sp³-hybridized carbons (Fsp3) is 0.500. The first-order valence-electron chi connectivity index (χ1n) is 12.8. The van der Waals surface area contributed by atoms with Crippen LogP contribution in [-0.2, 0) is 22.6 Å². The molecule has 0 saturated carbocycles. The van der Waals surface area contributed by atoms with Crippen LogP contribution in [0.5, 0.6) is 5.75 Å². The number of carbonyl (C=O) groups is 2. The Balaban J connectivity index is 1.37. The lowest BCUT2D eigenvalue weighted by atomic mass is 9.89. The topological polar surface area (TPSA) is 73.9 Å². The fourth-order valence-corrected chi connectivity index (χ4v) is 5.95. The number of rotatable bonds is 7.